The maximum absolute atomic E-state index is 12.4. The molecule has 0 spiro atoms. The summed E-state index contributed by atoms with van der Waals surface area (Å²) in [6.45, 7) is 6.11. The van der Waals surface area contributed by atoms with Gasteiger partial charge in [-0.15, -0.1) is 0 Å². The highest BCUT2D eigenvalue weighted by molar-refractivity contribution is 6.35. The first-order valence-corrected chi connectivity index (χ1v) is 11.1. The average molecular weight is 441 g/mol. The summed E-state index contributed by atoms with van der Waals surface area (Å²) in [6.07, 6.45) is 1.81. The molecule has 152 valence electrons. The molecule has 0 aromatic heterocycles. The minimum Gasteiger partial charge on any atom is -0.353 e. The first-order chi connectivity index (χ1) is 13.5. The van der Waals surface area contributed by atoms with E-state index < -0.39 is 0 Å². The highest BCUT2D eigenvalue weighted by atomic mass is 35.5. The van der Waals surface area contributed by atoms with Gasteiger partial charge in [-0.3, -0.25) is 4.79 Å². The molecule has 2 aromatic carbocycles. The van der Waals surface area contributed by atoms with Crippen molar-refractivity contribution in [1.82, 2.24) is 5.32 Å². The largest absolute Gasteiger partial charge is 0.353 e. The van der Waals surface area contributed by atoms with Crippen LogP contribution in [-0.4, -0.2) is 11.9 Å². The topological polar surface area (TPSA) is 29.1 Å². The van der Waals surface area contributed by atoms with E-state index in [1.54, 1.807) is 0 Å². The standard InChI is InChI=1S/C21H20Cl3NO.C2H6.H2/c1-11-19-17(21(26)25-11)9-8-16(15-7-6-14(23)10-18(15)24)20(19)12-2-4-13(22)5-3-12;1-2;/h2-7,10-11,16-17,19-20H,8-9H2,1H3,(H,25,26);1-2H3;1H/t11-,16?,17?,19?,20?;;/m0../s1. The molecular weight excluding hydrogens is 413 g/mol. The normalized spacial score (nSPS) is 28.8. The van der Waals surface area contributed by atoms with E-state index in [-0.39, 0.29) is 37.0 Å². The molecule has 1 amide bonds. The van der Waals surface area contributed by atoms with Gasteiger partial charge < -0.3 is 5.32 Å². The van der Waals surface area contributed by atoms with Crippen LogP contribution in [0.2, 0.25) is 15.1 Å². The Hall–Kier alpha value is -1.22. The highest BCUT2D eigenvalue weighted by Crippen LogP contribution is 2.54. The number of amides is 1. The third-order valence-corrected chi connectivity index (χ3v) is 6.82. The molecule has 2 fully saturated rings. The first-order valence-electron chi connectivity index (χ1n) is 9.96. The maximum Gasteiger partial charge on any atom is 0.223 e. The Morgan fingerprint density at radius 3 is 2.18 bits per heavy atom. The molecule has 4 rings (SSSR count). The number of nitrogens with one attached hydrogen (secondary N) is 1. The Kier molecular flexibility index (Phi) is 6.96. The Labute approximate surface area is 184 Å². The van der Waals surface area contributed by atoms with Crippen molar-refractivity contribution in [3.05, 3.63) is 68.7 Å². The summed E-state index contributed by atoms with van der Waals surface area (Å²) in [5, 5.41) is 5.20. The number of carbonyl (C=O) groups excluding carboxylic acids is 1. The number of fused-ring (bicyclic) bond motifs is 1. The Morgan fingerprint density at radius 2 is 1.54 bits per heavy atom. The fraction of sp³-hybridized carbons (Fsp3) is 0.435. The molecule has 4 unspecified atom stereocenters. The lowest BCUT2D eigenvalue weighted by atomic mass is 9.62. The minimum atomic E-state index is 0. The zero-order valence-electron chi connectivity index (χ0n) is 16.4. The smallest absolute Gasteiger partial charge is 0.223 e. The number of hydrogen-bond acceptors (Lipinski definition) is 1. The summed E-state index contributed by atoms with van der Waals surface area (Å²) in [5.74, 6) is 0.945. The van der Waals surface area contributed by atoms with Gasteiger partial charge in [0.2, 0.25) is 5.91 Å². The molecule has 2 aromatic rings. The van der Waals surface area contributed by atoms with Crippen LogP contribution >= 0.6 is 34.8 Å². The molecule has 2 aliphatic rings. The van der Waals surface area contributed by atoms with Gasteiger partial charge in [-0.25, -0.2) is 0 Å². The molecule has 28 heavy (non-hydrogen) atoms. The van der Waals surface area contributed by atoms with Gasteiger partial charge in [0, 0.05) is 28.5 Å². The van der Waals surface area contributed by atoms with Crippen LogP contribution in [0, 0.1) is 11.8 Å². The van der Waals surface area contributed by atoms with Crippen LogP contribution in [0.15, 0.2) is 42.5 Å². The van der Waals surface area contributed by atoms with Crippen LogP contribution < -0.4 is 5.32 Å². The number of halogens is 3. The molecule has 1 saturated heterocycles. The van der Waals surface area contributed by atoms with Crippen LogP contribution in [-0.2, 0) is 4.79 Å². The van der Waals surface area contributed by atoms with E-state index in [9.17, 15) is 4.79 Å². The van der Waals surface area contributed by atoms with E-state index in [0.717, 1.165) is 23.4 Å². The van der Waals surface area contributed by atoms with Gasteiger partial charge in [-0.1, -0.05) is 66.8 Å². The van der Waals surface area contributed by atoms with Crippen molar-refractivity contribution in [2.75, 3.05) is 0 Å². The van der Waals surface area contributed by atoms with E-state index in [0.29, 0.717) is 10.0 Å². The van der Waals surface area contributed by atoms with Crippen molar-refractivity contribution in [1.29, 1.82) is 0 Å². The van der Waals surface area contributed by atoms with Gasteiger partial charge >= 0.3 is 0 Å². The van der Waals surface area contributed by atoms with Gasteiger partial charge in [0.05, 0.1) is 0 Å². The lowest BCUT2D eigenvalue weighted by Crippen LogP contribution is -2.35. The van der Waals surface area contributed by atoms with E-state index in [1.807, 2.05) is 44.2 Å². The van der Waals surface area contributed by atoms with Gasteiger partial charge in [0.25, 0.3) is 0 Å². The number of rotatable bonds is 2. The van der Waals surface area contributed by atoms with Crippen LogP contribution in [0.4, 0.5) is 0 Å². The molecule has 1 N–H and O–H groups in total. The molecule has 2 nitrogen and oxygen atoms in total. The van der Waals surface area contributed by atoms with Gasteiger partial charge in [0.1, 0.15) is 0 Å². The monoisotopic (exact) mass is 439 g/mol. The summed E-state index contributed by atoms with van der Waals surface area (Å²) in [7, 11) is 0. The van der Waals surface area contributed by atoms with Crippen LogP contribution in [0.25, 0.3) is 0 Å². The van der Waals surface area contributed by atoms with Gasteiger partial charge in [-0.05, 0) is 72.9 Å². The zero-order chi connectivity index (χ0) is 20.4. The van der Waals surface area contributed by atoms with Crippen molar-refractivity contribution in [2.24, 2.45) is 11.8 Å². The summed E-state index contributed by atoms with van der Waals surface area (Å²) in [4.78, 5) is 12.4. The fourth-order valence-electron chi connectivity index (χ4n) is 4.93. The first kappa shape index (κ1) is 21.5. The second kappa shape index (κ2) is 9.07. The molecule has 1 saturated carbocycles. The van der Waals surface area contributed by atoms with E-state index >= 15 is 0 Å². The van der Waals surface area contributed by atoms with Crippen molar-refractivity contribution < 1.29 is 6.22 Å². The Balaban J connectivity index is 0.000000970. The van der Waals surface area contributed by atoms with E-state index in [4.69, 9.17) is 34.8 Å². The van der Waals surface area contributed by atoms with Crippen molar-refractivity contribution in [3.8, 4) is 0 Å². The molecule has 5 heteroatoms. The van der Waals surface area contributed by atoms with Crippen molar-refractivity contribution in [2.45, 2.75) is 51.5 Å². The number of carbonyl (C=O) groups is 1. The molecule has 1 aliphatic carbocycles. The third-order valence-electron chi connectivity index (χ3n) is 6.00. The molecule has 0 radical (unpaired) electrons. The lowest BCUT2D eigenvalue weighted by Gasteiger charge is -2.41. The summed E-state index contributed by atoms with van der Waals surface area (Å²) in [5.41, 5.74) is 2.32. The molecule has 5 atom stereocenters. The predicted molar refractivity (Wildman–Crippen MR) is 121 cm³/mol. The van der Waals surface area contributed by atoms with Gasteiger partial charge in [0.15, 0.2) is 0 Å². The van der Waals surface area contributed by atoms with Gasteiger partial charge in [-0.2, -0.15) is 0 Å². The molecule has 0 bridgehead atoms. The number of hydrogen-bond donors (Lipinski definition) is 1. The predicted octanol–water partition coefficient (Wildman–Crippen LogP) is 7.33. The fourth-order valence-corrected chi connectivity index (χ4v) is 5.61. The molecule has 1 aliphatic heterocycles. The molecular formula is C23H28Cl3NO. The lowest BCUT2D eigenvalue weighted by molar-refractivity contribution is -0.123. The second-order valence-electron chi connectivity index (χ2n) is 7.41. The highest BCUT2D eigenvalue weighted by Gasteiger charge is 2.50. The zero-order valence-corrected chi connectivity index (χ0v) is 18.7. The summed E-state index contributed by atoms with van der Waals surface area (Å²) in [6, 6.07) is 13.9. The average Bonchev–Trinajstić information content (AvgIpc) is 2.98. The van der Waals surface area contributed by atoms with E-state index in [2.05, 4.69) is 24.4 Å². The van der Waals surface area contributed by atoms with Crippen LogP contribution in [0.5, 0.6) is 0 Å². The minimum absolute atomic E-state index is 0. The summed E-state index contributed by atoms with van der Waals surface area (Å²) >= 11 is 18.8. The quantitative estimate of drug-likeness (QED) is 0.520. The van der Waals surface area contributed by atoms with Crippen molar-refractivity contribution >= 4 is 40.7 Å². The SMILES string of the molecule is CC.C[C@@H]1NC(=O)C2CCC(c3ccc(Cl)cc3Cl)C(c3ccc(Cl)cc3)C21.[HH]. The van der Waals surface area contributed by atoms with Crippen LogP contribution in [0.3, 0.4) is 0 Å². The van der Waals surface area contributed by atoms with Crippen molar-refractivity contribution in [3.63, 3.8) is 0 Å². The van der Waals surface area contributed by atoms with Crippen LogP contribution in [0.1, 0.15) is 58.0 Å². The molecule has 1 heterocycles. The second-order valence-corrected chi connectivity index (χ2v) is 8.69. The Bertz CT molecular complexity index is 843. The summed E-state index contributed by atoms with van der Waals surface area (Å²) < 4.78 is 0. The number of benzene rings is 2. The maximum atomic E-state index is 12.4. The Morgan fingerprint density at radius 1 is 0.929 bits per heavy atom. The third kappa shape index (κ3) is 4.06. The van der Waals surface area contributed by atoms with E-state index in [1.165, 1.54) is 5.56 Å².